The number of esters is 2. The number of ether oxygens (including phenoxy) is 2. The molecule has 1 unspecified atom stereocenters. The Bertz CT molecular complexity index is 1700. The molecule has 0 spiro atoms. The largest absolute Gasteiger partial charge is 0.462 e. The highest BCUT2D eigenvalue weighted by molar-refractivity contribution is 6.00. The van der Waals surface area contributed by atoms with E-state index in [9.17, 15) is 19.7 Å². The fraction of sp³-hybridized carbons (Fsp3) is 0.342. The Morgan fingerprint density at radius 2 is 1.46 bits per heavy atom. The average Bonchev–Trinajstić information content (AvgIpc) is 3.11. The van der Waals surface area contributed by atoms with E-state index in [1.165, 1.54) is 29.3 Å². The second-order valence-electron chi connectivity index (χ2n) is 12.2. The van der Waals surface area contributed by atoms with Gasteiger partial charge in [-0.25, -0.2) is 9.59 Å². The minimum absolute atomic E-state index is 0.00719. The van der Waals surface area contributed by atoms with Gasteiger partial charge < -0.3 is 19.7 Å². The van der Waals surface area contributed by atoms with Crippen LogP contribution in [0.4, 0.5) is 5.69 Å². The number of carbonyl (C=O) groups excluding carboxylic acids is 2. The third-order valence-electron chi connectivity index (χ3n) is 9.28. The van der Waals surface area contributed by atoms with Crippen LogP contribution in [0.1, 0.15) is 62.1 Å². The molecule has 248 valence electrons. The van der Waals surface area contributed by atoms with Crippen molar-refractivity contribution in [1.82, 2.24) is 10.2 Å². The molecule has 5 rings (SSSR count). The number of piperidine rings is 1. The van der Waals surface area contributed by atoms with Crippen LogP contribution < -0.4 is 5.32 Å². The average molecular weight is 649 g/mol. The van der Waals surface area contributed by atoms with Crippen molar-refractivity contribution in [3.05, 3.63) is 134 Å². The molecule has 1 fully saturated rings. The number of nitro benzene ring substituents is 1. The van der Waals surface area contributed by atoms with Crippen molar-refractivity contribution in [1.29, 1.82) is 5.26 Å². The summed E-state index contributed by atoms with van der Waals surface area (Å²) in [5.74, 6) is -2.28. The van der Waals surface area contributed by atoms with E-state index in [4.69, 9.17) is 14.7 Å². The molecule has 0 amide bonds. The summed E-state index contributed by atoms with van der Waals surface area (Å²) in [6.07, 6.45) is 2.58. The minimum Gasteiger partial charge on any atom is -0.462 e. The lowest BCUT2D eigenvalue weighted by molar-refractivity contribution is -0.384. The molecule has 2 aliphatic heterocycles. The van der Waals surface area contributed by atoms with E-state index in [2.05, 4.69) is 58.7 Å². The third-order valence-corrected chi connectivity index (χ3v) is 9.28. The summed E-state index contributed by atoms with van der Waals surface area (Å²) in [7, 11) is 0. The number of benzene rings is 3. The summed E-state index contributed by atoms with van der Waals surface area (Å²) in [6, 6.07) is 29.2. The molecule has 0 radical (unpaired) electrons. The number of nitriles is 1. The molecule has 48 heavy (non-hydrogen) atoms. The molecule has 1 saturated heterocycles. The minimum atomic E-state index is -0.959. The number of carbonyl (C=O) groups is 2. The molecule has 10 heteroatoms. The van der Waals surface area contributed by atoms with Crippen molar-refractivity contribution in [3.8, 4) is 6.07 Å². The molecule has 0 aliphatic carbocycles. The van der Waals surface area contributed by atoms with Gasteiger partial charge in [0, 0.05) is 35.5 Å². The van der Waals surface area contributed by atoms with Crippen molar-refractivity contribution >= 4 is 17.6 Å². The number of allylic oxidation sites excluding steroid dienone is 2. The lowest BCUT2D eigenvalue weighted by Crippen LogP contribution is -2.43. The first-order valence-corrected chi connectivity index (χ1v) is 16.2. The van der Waals surface area contributed by atoms with Gasteiger partial charge in [-0.15, -0.1) is 0 Å². The van der Waals surface area contributed by atoms with E-state index in [1.807, 2.05) is 18.2 Å². The van der Waals surface area contributed by atoms with Gasteiger partial charge in [0.2, 0.25) is 0 Å². The number of dihydropyridines is 1. The highest BCUT2D eigenvalue weighted by Gasteiger charge is 2.39. The van der Waals surface area contributed by atoms with Gasteiger partial charge >= 0.3 is 11.9 Å². The Morgan fingerprint density at radius 3 is 2.00 bits per heavy atom. The van der Waals surface area contributed by atoms with Gasteiger partial charge in [-0.05, 0) is 62.9 Å². The number of hydrogen-bond donors (Lipinski definition) is 1. The van der Waals surface area contributed by atoms with Gasteiger partial charge in [0.15, 0.2) is 0 Å². The smallest absolute Gasteiger partial charge is 0.336 e. The summed E-state index contributed by atoms with van der Waals surface area (Å²) in [6.45, 7) is 6.00. The maximum Gasteiger partial charge on any atom is 0.336 e. The zero-order chi connectivity index (χ0) is 34.1. The monoisotopic (exact) mass is 648 g/mol. The molecule has 0 bridgehead atoms. The van der Waals surface area contributed by atoms with E-state index in [1.54, 1.807) is 19.9 Å². The molecule has 1 atom stereocenters. The van der Waals surface area contributed by atoms with Gasteiger partial charge in [0.05, 0.1) is 41.1 Å². The quantitative estimate of drug-likeness (QED) is 0.104. The van der Waals surface area contributed by atoms with E-state index in [0.29, 0.717) is 23.4 Å². The molecule has 3 aromatic rings. The first-order valence-electron chi connectivity index (χ1n) is 16.2. The number of nitrogens with zero attached hydrogens (tertiary/aromatic N) is 3. The second-order valence-corrected chi connectivity index (χ2v) is 12.2. The van der Waals surface area contributed by atoms with Crippen LogP contribution in [0.25, 0.3) is 0 Å². The number of non-ortho nitro benzene ring substituents is 1. The van der Waals surface area contributed by atoms with Crippen molar-refractivity contribution in [2.24, 2.45) is 0 Å². The molecular weight excluding hydrogens is 608 g/mol. The van der Waals surface area contributed by atoms with Crippen LogP contribution in [0.15, 0.2) is 107 Å². The molecule has 0 saturated carbocycles. The van der Waals surface area contributed by atoms with Crippen LogP contribution in [-0.2, 0) is 24.5 Å². The molecule has 2 heterocycles. The van der Waals surface area contributed by atoms with E-state index < -0.39 is 22.8 Å². The van der Waals surface area contributed by atoms with Crippen LogP contribution in [-0.4, -0.2) is 54.6 Å². The van der Waals surface area contributed by atoms with Crippen molar-refractivity contribution in [3.63, 3.8) is 0 Å². The highest BCUT2D eigenvalue weighted by atomic mass is 16.6. The Hall–Kier alpha value is -5.27. The van der Waals surface area contributed by atoms with Crippen molar-refractivity contribution in [2.75, 3.05) is 32.8 Å². The number of rotatable bonds is 12. The summed E-state index contributed by atoms with van der Waals surface area (Å²) in [5.41, 5.74) is 4.07. The molecular formula is C38H40N4O6. The summed E-state index contributed by atoms with van der Waals surface area (Å²) in [5, 5.41) is 23.6. The predicted molar refractivity (Wildman–Crippen MR) is 180 cm³/mol. The molecule has 1 N–H and O–H groups in total. The van der Waals surface area contributed by atoms with Gasteiger partial charge in [-0.2, -0.15) is 5.26 Å². The van der Waals surface area contributed by atoms with Gasteiger partial charge in [-0.3, -0.25) is 10.1 Å². The SMILES string of the molecule is CC1=C(C(=O)OCCC#N)C(c2cccc([N+](=O)[O-])c2)C(C(=O)OCCCN2CCC(c3ccccc3)(c3ccccc3)CC2)=C(C)N1. The first kappa shape index (κ1) is 34.1. The Labute approximate surface area is 280 Å². The molecule has 2 aliphatic rings. The van der Waals surface area contributed by atoms with Crippen LogP contribution in [0.5, 0.6) is 0 Å². The number of nitro groups is 1. The Balaban J connectivity index is 1.26. The Kier molecular flexibility index (Phi) is 11.0. The van der Waals surface area contributed by atoms with Crippen LogP contribution in [0.2, 0.25) is 0 Å². The van der Waals surface area contributed by atoms with E-state index in [-0.39, 0.29) is 41.9 Å². The zero-order valence-corrected chi connectivity index (χ0v) is 27.3. The maximum atomic E-state index is 13.7. The first-order chi connectivity index (χ1) is 23.2. The third kappa shape index (κ3) is 7.48. The second kappa shape index (κ2) is 15.5. The fourth-order valence-electron chi connectivity index (χ4n) is 6.90. The van der Waals surface area contributed by atoms with Gasteiger partial charge in [-0.1, -0.05) is 72.8 Å². The van der Waals surface area contributed by atoms with Crippen LogP contribution >= 0.6 is 0 Å². The lowest BCUT2D eigenvalue weighted by Gasteiger charge is -2.43. The van der Waals surface area contributed by atoms with Crippen LogP contribution in [0.3, 0.4) is 0 Å². The van der Waals surface area contributed by atoms with Crippen LogP contribution in [0, 0.1) is 21.4 Å². The standard InChI is InChI=1S/C38H40N4O6/c1-27-33(36(43)47-24-10-20-39)35(29-12-9-17-32(26-29)42(45)46)34(28(2)40-27)37(44)48-25-11-21-41-22-18-38(19-23-41,30-13-5-3-6-14-30)31-15-7-4-8-16-31/h3-9,12-17,26,35,40H,10-11,18-19,21-25H2,1-2H3. The van der Waals surface area contributed by atoms with E-state index in [0.717, 1.165) is 32.5 Å². The lowest BCUT2D eigenvalue weighted by atomic mass is 9.68. The molecule has 10 nitrogen and oxygen atoms in total. The van der Waals surface area contributed by atoms with E-state index >= 15 is 0 Å². The molecule has 0 aromatic heterocycles. The highest BCUT2D eigenvalue weighted by Crippen LogP contribution is 2.42. The number of hydrogen-bond acceptors (Lipinski definition) is 9. The van der Waals surface area contributed by atoms with Crippen molar-refractivity contribution < 1.29 is 24.0 Å². The van der Waals surface area contributed by atoms with Gasteiger partial charge in [0.25, 0.3) is 5.69 Å². The maximum absolute atomic E-state index is 13.7. The van der Waals surface area contributed by atoms with Crippen molar-refractivity contribution in [2.45, 2.75) is 50.9 Å². The summed E-state index contributed by atoms with van der Waals surface area (Å²) < 4.78 is 11.1. The summed E-state index contributed by atoms with van der Waals surface area (Å²) in [4.78, 5) is 40.5. The fourth-order valence-corrected chi connectivity index (χ4v) is 6.90. The normalized spacial score (nSPS) is 17.6. The van der Waals surface area contributed by atoms with Gasteiger partial charge in [0.1, 0.15) is 6.61 Å². The summed E-state index contributed by atoms with van der Waals surface area (Å²) >= 11 is 0. The molecule has 3 aromatic carbocycles. The predicted octanol–water partition coefficient (Wildman–Crippen LogP) is 6.30. The Morgan fingerprint density at radius 1 is 0.896 bits per heavy atom. The topological polar surface area (TPSA) is 135 Å². The number of nitrogens with one attached hydrogen (secondary N) is 1. The zero-order valence-electron chi connectivity index (χ0n) is 27.3. The number of likely N-dealkylation sites (tertiary alicyclic amines) is 1.